The fourth-order valence-electron chi connectivity index (χ4n) is 11.4. The van der Waals surface area contributed by atoms with E-state index in [4.69, 9.17) is 46.9 Å². The van der Waals surface area contributed by atoms with Crippen molar-refractivity contribution in [1.82, 2.24) is 24.1 Å². The van der Waals surface area contributed by atoms with Gasteiger partial charge in [-0.3, -0.25) is 42.8 Å². The van der Waals surface area contributed by atoms with Crippen molar-refractivity contribution in [2.45, 2.75) is 74.8 Å². The van der Waals surface area contributed by atoms with Crippen molar-refractivity contribution < 1.29 is 51.5 Å². The van der Waals surface area contributed by atoms with Crippen molar-refractivity contribution >= 4 is 12.9 Å². The average molecular weight is 1210 g/mol. The largest absolute Gasteiger partial charge is 0.497 e. The molecule has 6 aromatic carbocycles. The van der Waals surface area contributed by atoms with E-state index in [1.165, 1.54) is 33.9 Å². The van der Waals surface area contributed by atoms with Gasteiger partial charge in [0.15, 0.2) is 0 Å². The van der Waals surface area contributed by atoms with E-state index in [1.807, 2.05) is 158 Å². The Kier molecular flexibility index (Phi) is 18.0. The van der Waals surface area contributed by atoms with Gasteiger partial charge < -0.3 is 42.4 Å². The number of aromatic nitrogens is 5. The van der Waals surface area contributed by atoms with Gasteiger partial charge >= 0.3 is 19.0 Å². The van der Waals surface area contributed by atoms with Crippen molar-refractivity contribution in [1.29, 1.82) is 0 Å². The van der Waals surface area contributed by atoms with Crippen molar-refractivity contribution in [2.75, 3.05) is 41.7 Å². The number of rotatable bonds is 23. The highest BCUT2D eigenvalue weighted by Gasteiger charge is 2.50. The van der Waals surface area contributed by atoms with Crippen LogP contribution in [0, 0.1) is 13.8 Å². The van der Waals surface area contributed by atoms with E-state index >= 15 is 4.57 Å². The van der Waals surface area contributed by atoms with Gasteiger partial charge in [-0.05, 0) is 108 Å². The van der Waals surface area contributed by atoms with Crippen molar-refractivity contribution in [3.05, 3.63) is 281 Å². The number of pyridine rings is 1. The topological polar surface area (TPSA) is 232 Å². The van der Waals surface area contributed by atoms with Crippen LogP contribution >= 0.6 is 7.60 Å². The number of H-pyrrole nitrogens is 2. The minimum atomic E-state index is -4.65. The second-order valence-corrected chi connectivity index (χ2v) is 23.3. The summed E-state index contributed by atoms with van der Waals surface area (Å²) in [6.45, 7) is 2.44. The van der Waals surface area contributed by atoms with Gasteiger partial charge in [0.1, 0.15) is 65.0 Å². The molecule has 0 saturated carbocycles. The molecule has 0 amide bonds. The Balaban J connectivity index is 1.01. The lowest BCUT2D eigenvalue weighted by atomic mass is 9.79. The summed E-state index contributed by atoms with van der Waals surface area (Å²) in [6, 6.07) is 52.4. The van der Waals surface area contributed by atoms with Gasteiger partial charge in [0.2, 0.25) is 0 Å². The molecular weight excluding hydrogens is 1150 g/mol. The van der Waals surface area contributed by atoms with Gasteiger partial charge in [-0.15, -0.1) is 0 Å². The number of aryl methyl sites for hydroxylation is 2. The molecule has 5 heterocycles. The number of nitrogens with zero attached hydrogens (tertiary/aromatic N) is 3. The van der Waals surface area contributed by atoms with E-state index in [-0.39, 0.29) is 35.9 Å². The minimum absolute atomic E-state index is 0.0226. The number of benzene rings is 6. The van der Waals surface area contributed by atoms with Crippen LogP contribution in [-0.4, -0.2) is 90.2 Å². The zero-order valence-corrected chi connectivity index (χ0v) is 50.1. The first kappa shape index (κ1) is 60.7. The van der Waals surface area contributed by atoms with Crippen molar-refractivity contribution in [3.8, 4) is 23.0 Å². The average Bonchev–Trinajstić information content (AvgIpc) is 1.40. The standard InChI is InChI=1S/C67H66N5O15P/c1-43-39-71(64(75)69-62(43)73)60-36-56(86-67(46-16-11-8-12-17-46,49-23-31-53(80-5)32-24-49)50-25-33-54(81-6)34-26-50)59(85-60)42-83-88(77,55-18-13-35-68-38-55)87-57-37-61(72-40-44(2)63(74)70-65(72)76)84-58(57)41-82-66(45-14-9-7-10-15-45,47-19-27-51(78-3)28-20-47)48-21-29-52(79-4)30-22-48/h7-35,38-40,56-61H,36-37,41-42H2,1-6H3,(H,69,73,75)(H,70,74,76)/t56-,57-,58+,59+,60+,61+,88?/m0/s1. The Hall–Kier alpha value is -8.98. The minimum Gasteiger partial charge on any atom is -0.497 e. The lowest BCUT2D eigenvalue weighted by Gasteiger charge is -2.39. The molecule has 9 aromatic rings. The Morgan fingerprint density at radius 1 is 0.511 bits per heavy atom. The molecule has 454 valence electrons. The molecule has 0 aliphatic carbocycles. The van der Waals surface area contributed by atoms with Crippen LogP contribution in [0.4, 0.5) is 0 Å². The number of hydrogen-bond donors (Lipinski definition) is 2. The summed E-state index contributed by atoms with van der Waals surface area (Å²) in [4.78, 5) is 62.2. The molecule has 2 aliphatic rings. The van der Waals surface area contributed by atoms with Gasteiger partial charge in [-0.2, -0.15) is 0 Å². The first-order chi connectivity index (χ1) is 42.7. The van der Waals surface area contributed by atoms with Crippen LogP contribution < -0.4 is 46.8 Å². The van der Waals surface area contributed by atoms with Crippen LogP contribution in [0.1, 0.15) is 69.8 Å². The summed E-state index contributed by atoms with van der Waals surface area (Å²) in [5, 5.41) is 0.0693. The summed E-state index contributed by atoms with van der Waals surface area (Å²) in [7, 11) is 1.69. The molecule has 2 N–H and O–H groups in total. The smallest absolute Gasteiger partial charge is 0.363 e. The van der Waals surface area contributed by atoms with Gasteiger partial charge in [0, 0.05) is 48.8 Å². The molecule has 3 aromatic heterocycles. The molecular formula is C67H66N5O15P. The van der Waals surface area contributed by atoms with Gasteiger partial charge in [0.05, 0.1) is 53.1 Å². The highest BCUT2D eigenvalue weighted by molar-refractivity contribution is 7.62. The van der Waals surface area contributed by atoms with Crippen molar-refractivity contribution in [2.24, 2.45) is 0 Å². The Morgan fingerprint density at radius 3 is 1.33 bits per heavy atom. The number of nitrogens with one attached hydrogen (secondary N) is 2. The van der Waals surface area contributed by atoms with Gasteiger partial charge in [-0.25, -0.2) is 9.59 Å². The number of hydrogen-bond acceptors (Lipinski definition) is 16. The van der Waals surface area contributed by atoms with E-state index in [0.717, 1.165) is 22.3 Å². The second-order valence-electron chi connectivity index (χ2n) is 21.3. The number of methoxy groups -OCH3 is 4. The Bertz CT molecular complexity index is 4030. The first-order valence-corrected chi connectivity index (χ1v) is 30.0. The maximum atomic E-state index is 16.4. The van der Waals surface area contributed by atoms with Gasteiger partial charge in [-0.1, -0.05) is 109 Å². The third-order valence-corrected chi connectivity index (χ3v) is 18.0. The number of ether oxygens (including phenoxy) is 8. The van der Waals surface area contributed by atoms with Crippen LogP contribution in [0.25, 0.3) is 0 Å². The molecule has 0 bridgehead atoms. The molecule has 88 heavy (non-hydrogen) atoms. The molecule has 0 spiro atoms. The molecule has 2 saturated heterocycles. The molecule has 0 radical (unpaired) electrons. The maximum absolute atomic E-state index is 16.4. The summed E-state index contributed by atoms with van der Waals surface area (Å²) in [6.07, 6.45) is -0.842. The monoisotopic (exact) mass is 1210 g/mol. The quantitative estimate of drug-likeness (QED) is 0.0449. The number of aromatic amines is 2. The zero-order valence-electron chi connectivity index (χ0n) is 49.2. The van der Waals surface area contributed by atoms with Crippen molar-refractivity contribution in [3.63, 3.8) is 0 Å². The third-order valence-electron chi connectivity index (χ3n) is 16.1. The molecule has 21 heteroatoms. The lowest BCUT2D eigenvalue weighted by molar-refractivity contribution is -0.101. The predicted molar refractivity (Wildman–Crippen MR) is 327 cm³/mol. The SMILES string of the molecule is COc1ccc(C(OC[C@H]2O[C@@H](n3cc(C)c(=O)[nH]c3=O)C[C@@H]2OP(=O)(OC[C@H]2O[C@@H](n3cc(C)c(=O)[nH]c3=O)C[C@@H]2OC(c2ccccc2)(c2ccc(OC)cc2)c2ccc(OC)cc2)c2cccnc2)(c2ccccc2)c2ccc(OC)cc2)cc1. The normalized spacial score (nSPS) is 19.2. The zero-order chi connectivity index (χ0) is 61.6. The van der Waals surface area contributed by atoms with Crippen LogP contribution in [0.3, 0.4) is 0 Å². The lowest BCUT2D eigenvalue weighted by Crippen LogP contribution is -2.41. The molecule has 20 nitrogen and oxygen atoms in total. The predicted octanol–water partition coefficient (Wildman–Crippen LogP) is 9.01. The summed E-state index contributed by atoms with van der Waals surface area (Å²) in [5.74, 6) is 2.44. The maximum Gasteiger partial charge on any atom is 0.363 e. The molecule has 2 aliphatic heterocycles. The first-order valence-electron chi connectivity index (χ1n) is 28.5. The Morgan fingerprint density at radius 2 is 0.909 bits per heavy atom. The fraction of sp³-hybridized carbons (Fsp3) is 0.269. The van der Waals surface area contributed by atoms with Crippen LogP contribution in [0.5, 0.6) is 23.0 Å². The second kappa shape index (κ2) is 26.2. The summed E-state index contributed by atoms with van der Waals surface area (Å²) >= 11 is 0. The van der Waals surface area contributed by atoms with Gasteiger partial charge in [0.25, 0.3) is 11.1 Å². The van der Waals surface area contributed by atoms with Crippen LogP contribution in [0.15, 0.2) is 214 Å². The molecule has 1 unspecified atom stereocenters. The van der Waals surface area contributed by atoms with E-state index in [1.54, 1.807) is 54.4 Å². The summed E-state index contributed by atoms with van der Waals surface area (Å²) in [5.41, 5.74) is -0.548. The van der Waals surface area contributed by atoms with Crippen LogP contribution in [0.2, 0.25) is 0 Å². The molecule has 7 atom stereocenters. The Labute approximate surface area is 506 Å². The molecule has 11 rings (SSSR count). The van der Waals surface area contributed by atoms with Crippen LogP contribution in [-0.2, 0) is 43.8 Å². The van der Waals surface area contributed by atoms with E-state index in [9.17, 15) is 19.2 Å². The summed E-state index contributed by atoms with van der Waals surface area (Å²) < 4.78 is 83.8. The highest BCUT2D eigenvalue weighted by atomic mass is 31.2. The third kappa shape index (κ3) is 12.2. The highest BCUT2D eigenvalue weighted by Crippen LogP contribution is 2.53. The molecule has 2 fully saturated rings. The van der Waals surface area contributed by atoms with E-state index < -0.39 is 84.8 Å². The van der Waals surface area contributed by atoms with E-state index in [2.05, 4.69) is 15.0 Å². The van der Waals surface area contributed by atoms with E-state index in [0.29, 0.717) is 34.1 Å². The fourth-order valence-corrected chi connectivity index (χ4v) is 13.2.